The molecule has 5 aromatic rings. The average Bonchev–Trinajstić information content (AvgIpc) is 3.37. The molecule has 7 rings (SSSR count). The highest BCUT2D eigenvalue weighted by Gasteiger charge is 2.40. The third kappa shape index (κ3) is 4.72. The second kappa shape index (κ2) is 10.5. The molecule has 2 bridgehead atoms. The molecule has 0 aliphatic carbocycles. The molecule has 2 aliphatic heterocycles. The summed E-state index contributed by atoms with van der Waals surface area (Å²) in [5, 5.41) is 11.7. The van der Waals surface area contributed by atoms with Gasteiger partial charge in [-0.05, 0) is 93.1 Å². The molecule has 2 fully saturated rings. The van der Waals surface area contributed by atoms with E-state index in [-0.39, 0.29) is 23.9 Å². The SMILES string of the molecule is C=CC(=O)N1C2CCCC1CC(c1ccc3ncnc(Nc4ccc(Oc5ccc6c(c5)nnn6C)c(C)c4)c3n1)C2. The molecule has 0 saturated carbocycles. The van der Waals surface area contributed by atoms with Crippen LogP contribution in [0.25, 0.3) is 22.1 Å². The normalized spacial score (nSPS) is 20.0. The van der Waals surface area contributed by atoms with Gasteiger partial charge in [0.2, 0.25) is 5.91 Å². The van der Waals surface area contributed by atoms with Crippen LogP contribution in [-0.4, -0.2) is 52.8 Å². The standard InChI is InChI=1S/C32H32N8O2/c1-4-30(41)40-22-6-5-7-23(40)16-20(15-22)25-10-11-26-31(36-25)32(34-18-33-26)35-21-8-13-29(19(2)14-21)42-24-9-12-28-27(17-24)37-38-39(28)3/h4,8-14,17-18,20,22-23H,1,5-7,15-16H2,2-3H3,(H,33,34,35). The molecule has 2 atom stereocenters. The number of hydrogen-bond acceptors (Lipinski definition) is 8. The highest BCUT2D eigenvalue weighted by Crippen LogP contribution is 2.42. The number of carbonyl (C=O) groups excluding carboxylic acids is 1. The molecule has 10 nitrogen and oxygen atoms in total. The number of nitrogens with zero attached hydrogens (tertiary/aromatic N) is 7. The van der Waals surface area contributed by atoms with E-state index in [2.05, 4.69) is 43.1 Å². The Kier molecular flexibility index (Phi) is 6.53. The van der Waals surface area contributed by atoms with Crippen LogP contribution in [0.5, 0.6) is 11.5 Å². The number of ether oxygens (including phenoxy) is 1. The summed E-state index contributed by atoms with van der Waals surface area (Å²) >= 11 is 0. The van der Waals surface area contributed by atoms with Crippen molar-refractivity contribution in [1.29, 1.82) is 0 Å². The first kappa shape index (κ1) is 26.1. The van der Waals surface area contributed by atoms with Crippen molar-refractivity contribution in [1.82, 2.24) is 34.8 Å². The molecule has 2 unspecified atom stereocenters. The molecule has 2 saturated heterocycles. The summed E-state index contributed by atoms with van der Waals surface area (Å²) in [7, 11) is 1.87. The fourth-order valence-corrected chi connectivity index (χ4v) is 6.55. The Morgan fingerprint density at radius 1 is 1.05 bits per heavy atom. The Labute approximate surface area is 243 Å². The predicted molar refractivity (Wildman–Crippen MR) is 161 cm³/mol. The molecule has 1 amide bonds. The van der Waals surface area contributed by atoms with Gasteiger partial charge >= 0.3 is 0 Å². The molecule has 10 heteroatoms. The number of pyridine rings is 1. The lowest BCUT2D eigenvalue weighted by Gasteiger charge is -2.48. The zero-order valence-corrected chi connectivity index (χ0v) is 23.7. The fraction of sp³-hybridized carbons (Fsp3) is 0.312. The Morgan fingerprint density at radius 2 is 1.88 bits per heavy atom. The maximum absolute atomic E-state index is 12.6. The minimum absolute atomic E-state index is 0.0489. The lowest BCUT2D eigenvalue weighted by Crippen LogP contribution is -2.53. The molecular weight excluding hydrogens is 528 g/mol. The van der Waals surface area contributed by atoms with Crippen LogP contribution >= 0.6 is 0 Å². The summed E-state index contributed by atoms with van der Waals surface area (Å²) in [5.41, 5.74) is 6.13. The zero-order valence-electron chi connectivity index (χ0n) is 23.7. The first-order valence-corrected chi connectivity index (χ1v) is 14.4. The highest BCUT2D eigenvalue weighted by atomic mass is 16.5. The summed E-state index contributed by atoms with van der Waals surface area (Å²) < 4.78 is 7.91. The van der Waals surface area contributed by atoms with Crippen LogP contribution in [-0.2, 0) is 11.8 Å². The predicted octanol–water partition coefficient (Wildman–Crippen LogP) is 5.96. The van der Waals surface area contributed by atoms with Gasteiger partial charge in [0.25, 0.3) is 0 Å². The minimum atomic E-state index is 0.0489. The number of fused-ring (bicyclic) bond motifs is 4. The molecule has 212 valence electrons. The van der Waals surface area contributed by atoms with Crippen molar-refractivity contribution in [3.8, 4) is 11.5 Å². The molecule has 2 aromatic carbocycles. The van der Waals surface area contributed by atoms with Crippen LogP contribution < -0.4 is 10.1 Å². The summed E-state index contributed by atoms with van der Waals surface area (Å²) in [6, 6.07) is 16.3. The molecular formula is C32H32N8O2. The largest absolute Gasteiger partial charge is 0.457 e. The van der Waals surface area contributed by atoms with E-state index in [1.54, 1.807) is 11.0 Å². The topological polar surface area (TPSA) is 111 Å². The summed E-state index contributed by atoms with van der Waals surface area (Å²) in [6.07, 6.45) is 8.06. The first-order valence-electron chi connectivity index (χ1n) is 14.4. The Hall–Kier alpha value is -4.86. The van der Waals surface area contributed by atoms with E-state index in [4.69, 9.17) is 9.72 Å². The van der Waals surface area contributed by atoms with E-state index in [1.807, 2.05) is 56.4 Å². The van der Waals surface area contributed by atoms with Gasteiger partial charge in [-0.15, -0.1) is 5.10 Å². The van der Waals surface area contributed by atoms with Crippen LogP contribution in [0.4, 0.5) is 11.5 Å². The quantitative estimate of drug-likeness (QED) is 0.253. The van der Waals surface area contributed by atoms with Crippen molar-refractivity contribution in [2.45, 2.75) is 57.0 Å². The zero-order chi connectivity index (χ0) is 28.8. The Balaban J connectivity index is 1.12. The van der Waals surface area contributed by atoms with Crippen molar-refractivity contribution >= 4 is 39.5 Å². The molecule has 1 N–H and O–H groups in total. The van der Waals surface area contributed by atoms with E-state index < -0.39 is 0 Å². The third-order valence-corrected chi connectivity index (χ3v) is 8.57. The molecule has 0 radical (unpaired) electrons. The number of nitrogens with one attached hydrogen (secondary N) is 1. The van der Waals surface area contributed by atoms with Gasteiger partial charge in [0.1, 0.15) is 28.9 Å². The first-order chi connectivity index (χ1) is 20.5. The summed E-state index contributed by atoms with van der Waals surface area (Å²) in [4.78, 5) is 28.7. The van der Waals surface area contributed by atoms with Gasteiger partial charge < -0.3 is 15.0 Å². The Morgan fingerprint density at radius 3 is 2.67 bits per heavy atom. The number of anilines is 2. The summed E-state index contributed by atoms with van der Waals surface area (Å²) in [5.74, 6) is 2.44. The number of aromatic nitrogens is 6. The van der Waals surface area contributed by atoms with Gasteiger partial charge in [0.15, 0.2) is 5.82 Å². The van der Waals surface area contributed by atoms with E-state index in [9.17, 15) is 4.79 Å². The smallest absolute Gasteiger partial charge is 0.246 e. The number of aryl methyl sites for hydroxylation is 2. The van der Waals surface area contributed by atoms with Crippen molar-refractivity contribution in [3.05, 3.63) is 78.8 Å². The van der Waals surface area contributed by atoms with Crippen LogP contribution in [0.2, 0.25) is 0 Å². The molecule has 2 aliphatic rings. The maximum atomic E-state index is 12.6. The van der Waals surface area contributed by atoms with Crippen molar-refractivity contribution in [3.63, 3.8) is 0 Å². The van der Waals surface area contributed by atoms with Gasteiger partial charge in [-0.25, -0.2) is 19.6 Å². The van der Waals surface area contributed by atoms with Crippen LogP contribution in [0.1, 0.15) is 49.3 Å². The second-order valence-electron chi connectivity index (χ2n) is 11.3. The van der Waals surface area contributed by atoms with Gasteiger partial charge in [-0.3, -0.25) is 4.79 Å². The van der Waals surface area contributed by atoms with Crippen LogP contribution in [0, 0.1) is 6.92 Å². The van der Waals surface area contributed by atoms with Crippen molar-refractivity contribution in [2.75, 3.05) is 5.32 Å². The third-order valence-electron chi connectivity index (χ3n) is 8.57. The second-order valence-corrected chi connectivity index (χ2v) is 11.3. The van der Waals surface area contributed by atoms with Gasteiger partial charge in [-0.2, -0.15) is 0 Å². The molecule has 5 heterocycles. The monoisotopic (exact) mass is 560 g/mol. The lowest BCUT2D eigenvalue weighted by atomic mass is 9.77. The highest BCUT2D eigenvalue weighted by molar-refractivity contribution is 5.88. The fourth-order valence-electron chi connectivity index (χ4n) is 6.55. The maximum Gasteiger partial charge on any atom is 0.246 e. The Bertz CT molecular complexity index is 1820. The van der Waals surface area contributed by atoms with Crippen LogP contribution in [0.15, 0.2) is 67.5 Å². The minimum Gasteiger partial charge on any atom is -0.457 e. The number of rotatable bonds is 6. The number of amides is 1. The number of carbonyl (C=O) groups is 1. The summed E-state index contributed by atoms with van der Waals surface area (Å²) in [6.45, 7) is 5.73. The van der Waals surface area contributed by atoms with E-state index >= 15 is 0 Å². The number of benzene rings is 2. The van der Waals surface area contributed by atoms with Gasteiger partial charge in [0.05, 0.1) is 11.0 Å². The van der Waals surface area contributed by atoms with Gasteiger partial charge in [0, 0.05) is 42.5 Å². The number of piperidine rings is 2. The van der Waals surface area contributed by atoms with E-state index in [0.29, 0.717) is 11.6 Å². The van der Waals surface area contributed by atoms with Crippen molar-refractivity contribution in [2.24, 2.45) is 7.05 Å². The van der Waals surface area contributed by atoms with E-state index in [0.717, 1.165) is 76.9 Å². The molecule has 0 spiro atoms. The number of hydrogen-bond donors (Lipinski definition) is 1. The van der Waals surface area contributed by atoms with E-state index in [1.165, 1.54) is 6.08 Å². The molecule has 42 heavy (non-hydrogen) atoms. The van der Waals surface area contributed by atoms with Gasteiger partial charge in [-0.1, -0.05) is 11.8 Å². The average molecular weight is 561 g/mol. The van der Waals surface area contributed by atoms with Crippen molar-refractivity contribution < 1.29 is 9.53 Å². The lowest BCUT2D eigenvalue weighted by molar-refractivity contribution is -0.135. The molecule has 3 aromatic heterocycles. The van der Waals surface area contributed by atoms with Crippen LogP contribution in [0.3, 0.4) is 0 Å².